The third-order valence-corrected chi connectivity index (χ3v) is 8.16. The number of carbonyl (C=O) groups excluding carboxylic acids is 3. The number of carbonyl (C=O) groups is 6. The van der Waals surface area contributed by atoms with Crippen molar-refractivity contribution in [3.05, 3.63) is 0 Å². The Labute approximate surface area is 265 Å². The van der Waals surface area contributed by atoms with Crippen LogP contribution in [0, 0.1) is 5.92 Å². The van der Waals surface area contributed by atoms with Crippen molar-refractivity contribution in [1.29, 1.82) is 0 Å². The van der Waals surface area contributed by atoms with Crippen molar-refractivity contribution >= 4 is 45.6 Å². The number of aliphatic carboxylic acids is 3. The molecule has 0 saturated carbocycles. The monoisotopic (exact) mass is 664 g/mol. The van der Waals surface area contributed by atoms with Crippen molar-refractivity contribution in [2.24, 2.45) is 5.92 Å². The molecule has 0 bridgehead atoms. The van der Waals surface area contributed by atoms with Crippen LogP contribution in [0.2, 0.25) is 0 Å². The van der Waals surface area contributed by atoms with Crippen molar-refractivity contribution in [2.75, 3.05) is 5.75 Å². The zero-order valence-corrected chi connectivity index (χ0v) is 27.2. The number of hydrogen-bond donors (Lipinski definition) is 6. The minimum atomic E-state index is -4.69. The summed E-state index contributed by atoms with van der Waals surface area (Å²) in [7, 11) is -4.69. The van der Waals surface area contributed by atoms with Crippen molar-refractivity contribution in [3.8, 4) is 0 Å². The standard InChI is InChI=1S/C30H52N2O12S/c1-22(29(38)39)31-27(35)19-18-23(30(40)41)20-25(33)24(21-45(42,43)44)32-26(34)16-14-12-10-8-6-4-2-3-5-7-9-11-13-15-17-28(36)37/h22-24H,2-21H2,1H3,(H,31,35)(H,32,34)(H,36,37)(H,38,39)(H,40,41)(H,42,43,44). The van der Waals surface area contributed by atoms with Gasteiger partial charge < -0.3 is 26.0 Å². The first-order valence-electron chi connectivity index (χ1n) is 15.9. The molecule has 0 aromatic heterocycles. The minimum absolute atomic E-state index is 0.0237. The van der Waals surface area contributed by atoms with Gasteiger partial charge in [0.05, 0.1) is 5.92 Å². The van der Waals surface area contributed by atoms with E-state index >= 15 is 0 Å². The number of nitrogens with one attached hydrogen (secondary N) is 2. The highest BCUT2D eigenvalue weighted by atomic mass is 32.2. The maximum absolute atomic E-state index is 12.8. The number of hydrogen-bond acceptors (Lipinski definition) is 8. The number of unbranched alkanes of at least 4 members (excludes halogenated alkanes) is 13. The molecule has 0 aromatic carbocycles. The van der Waals surface area contributed by atoms with Gasteiger partial charge in [0.1, 0.15) is 17.8 Å². The smallest absolute Gasteiger partial charge is 0.325 e. The fraction of sp³-hybridized carbons (Fsp3) is 0.800. The Morgan fingerprint density at radius 2 is 1.02 bits per heavy atom. The molecular weight excluding hydrogens is 612 g/mol. The minimum Gasteiger partial charge on any atom is -0.481 e. The molecule has 0 aliphatic rings. The Hall–Kier alpha value is -3.07. The molecule has 15 heteroatoms. The average molecular weight is 665 g/mol. The Bertz CT molecular complexity index is 1050. The quantitative estimate of drug-likeness (QED) is 0.0495. The van der Waals surface area contributed by atoms with E-state index in [0.29, 0.717) is 6.42 Å². The fourth-order valence-electron chi connectivity index (χ4n) is 4.75. The van der Waals surface area contributed by atoms with Crippen molar-refractivity contribution in [3.63, 3.8) is 0 Å². The van der Waals surface area contributed by atoms with Gasteiger partial charge in [-0.1, -0.05) is 77.0 Å². The Balaban J connectivity index is 4.36. The fourth-order valence-corrected chi connectivity index (χ4v) is 5.44. The first kappa shape index (κ1) is 41.9. The van der Waals surface area contributed by atoms with Crippen LogP contribution in [-0.4, -0.2) is 81.6 Å². The largest absolute Gasteiger partial charge is 0.481 e. The first-order chi connectivity index (χ1) is 21.1. The molecule has 0 aliphatic heterocycles. The molecule has 3 atom stereocenters. The summed E-state index contributed by atoms with van der Waals surface area (Å²) < 4.78 is 32.2. The highest BCUT2D eigenvalue weighted by Crippen LogP contribution is 2.16. The molecule has 0 aromatic rings. The van der Waals surface area contributed by atoms with Crippen molar-refractivity contribution < 1.29 is 57.1 Å². The Morgan fingerprint density at radius 3 is 1.42 bits per heavy atom. The molecule has 14 nitrogen and oxygen atoms in total. The molecule has 0 saturated heterocycles. The molecule has 6 N–H and O–H groups in total. The average Bonchev–Trinajstić information content (AvgIpc) is 2.93. The summed E-state index contributed by atoms with van der Waals surface area (Å²) in [5.74, 6) is -8.23. The second-order valence-electron chi connectivity index (χ2n) is 11.6. The summed E-state index contributed by atoms with van der Waals surface area (Å²) in [4.78, 5) is 70.0. The second-order valence-corrected chi connectivity index (χ2v) is 13.1. The molecule has 3 unspecified atom stereocenters. The first-order valence-corrected chi connectivity index (χ1v) is 17.5. The molecule has 0 heterocycles. The summed E-state index contributed by atoms with van der Waals surface area (Å²) in [5, 5.41) is 31.4. The van der Waals surface area contributed by atoms with Gasteiger partial charge in [-0.05, 0) is 26.2 Å². The number of carboxylic acid groups (broad SMARTS) is 3. The van der Waals surface area contributed by atoms with Crippen LogP contribution in [-0.2, 0) is 38.9 Å². The van der Waals surface area contributed by atoms with Crippen molar-refractivity contribution in [2.45, 2.75) is 141 Å². The van der Waals surface area contributed by atoms with Crippen molar-refractivity contribution in [1.82, 2.24) is 10.6 Å². The second kappa shape index (κ2) is 24.2. The van der Waals surface area contributed by atoms with Gasteiger partial charge in [0.2, 0.25) is 11.8 Å². The van der Waals surface area contributed by atoms with E-state index in [9.17, 15) is 46.8 Å². The highest BCUT2D eigenvalue weighted by molar-refractivity contribution is 7.85. The van der Waals surface area contributed by atoms with E-state index in [1.807, 2.05) is 0 Å². The van der Waals surface area contributed by atoms with E-state index in [-0.39, 0.29) is 19.3 Å². The summed E-state index contributed by atoms with van der Waals surface area (Å²) in [6.07, 6.45) is 12.8. The molecule has 2 amide bonds. The molecule has 0 aliphatic carbocycles. The third kappa shape index (κ3) is 24.9. The van der Waals surface area contributed by atoms with Crippen LogP contribution >= 0.6 is 0 Å². The van der Waals surface area contributed by atoms with Crippen LogP contribution in [0.3, 0.4) is 0 Å². The third-order valence-electron chi connectivity index (χ3n) is 7.41. The van der Waals surface area contributed by atoms with E-state index < -0.39 is 82.2 Å². The maximum Gasteiger partial charge on any atom is 0.325 e. The number of carboxylic acids is 3. The van der Waals surface area contributed by atoms with Crippen LogP contribution in [0.15, 0.2) is 0 Å². The van der Waals surface area contributed by atoms with E-state index in [0.717, 1.165) is 64.2 Å². The van der Waals surface area contributed by atoms with Gasteiger partial charge in [0, 0.05) is 25.7 Å². The van der Waals surface area contributed by atoms with Gasteiger partial charge in [-0.15, -0.1) is 0 Å². The maximum atomic E-state index is 12.8. The van der Waals surface area contributed by atoms with Crippen LogP contribution in [0.1, 0.15) is 129 Å². The predicted octanol–water partition coefficient (Wildman–Crippen LogP) is 3.71. The SMILES string of the molecule is CC(NC(=O)CCC(CC(=O)C(CS(=O)(=O)O)NC(=O)CCCCCCCCCCCCCCCCC(=O)O)C(=O)O)C(=O)O. The number of amides is 2. The lowest BCUT2D eigenvalue weighted by Crippen LogP contribution is -2.46. The van der Waals surface area contributed by atoms with E-state index in [2.05, 4.69) is 10.6 Å². The summed E-state index contributed by atoms with van der Waals surface area (Å²) in [6, 6.07) is -2.86. The van der Waals surface area contributed by atoms with Crippen LogP contribution in [0.5, 0.6) is 0 Å². The predicted molar refractivity (Wildman–Crippen MR) is 165 cm³/mol. The van der Waals surface area contributed by atoms with Crippen LogP contribution in [0.25, 0.3) is 0 Å². The number of Topliss-reactive ketones (excluding diaryl/α,β-unsaturated/α-hetero) is 1. The van der Waals surface area contributed by atoms with Gasteiger partial charge in [-0.3, -0.25) is 33.3 Å². The van der Waals surface area contributed by atoms with E-state index in [1.54, 1.807) is 0 Å². The molecule has 0 spiro atoms. The van der Waals surface area contributed by atoms with Gasteiger partial charge in [-0.2, -0.15) is 8.42 Å². The van der Waals surface area contributed by atoms with Crippen LogP contribution in [0.4, 0.5) is 0 Å². The topological polar surface area (TPSA) is 242 Å². The lowest BCUT2D eigenvalue weighted by molar-refractivity contribution is -0.145. The summed E-state index contributed by atoms with van der Waals surface area (Å²) in [6.45, 7) is 1.23. The van der Waals surface area contributed by atoms with E-state index in [4.69, 9.17) is 10.2 Å². The summed E-state index contributed by atoms with van der Waals surface area (Å²) in [5.41, 5.74) is 0. The number of ketones is 1. The van der Waals surface area contributed by atoms with Gasteiger partial charge >= 0.3 is 17.9 Å². The highest BCUT2D eigenvalue weighted by Gasteiger charge is 2.31. The van der Waals surface area contributed by atoms with Gasteiger partial charge in [-0.25, -0.2) is 0 Å². The Morgan fingerprint density at radius 1 is 0.600 bits per heavy atom. The van der Waals surface area contributed by atoms with E-state index in [1.165, 1.54) is 26.2 Å². The van der Waals surface area contributed by atoms with Gasteiger partial charge in [0.15, 0.2) is 5.78 Å². The molecular formula is C30H52N2O12S. The molecule has 0 rings (SSSR count). The van der Waals surface area contributed by atoms with Gasteiger partial charge in [0.25, 0.3) is 10.1 Å². The zero-order valence-electron chi connectivity index (χ0n) is 26.3. The Kier molecular flexibility index (Phi) is 22.5. The normalized spacial score (nSPS) is 13.4. The zero-order chi connectivity index (χ0) is 34.3. The lowest BCUT2D eigenvalue weighted by atomic mass is 9.94. The van der Waals surface area contributed by atoms with Crippen LogP contribution < -0.4 is 10.6 Å². The molecule has 0 radical (unpaired) electrons. The molecule has 45 heavy (non-hydrogen) atoms. The lowest BCUT2D eigenvalue weighted by Gasteiger charge is -2.19. The molecule has 0 fully saturated rings. The summed E-state index contributed by atoms with van der Waals surface area (Å²) >= 11 is 0. The number of rotatable bonds is 29. The molecule has 260 valence electrons.